The molecule has 0 amide bonds. The van der Waals surface area contributed by atoms with Gasteiger partial charge in [0.05, 0.1) is 32.2 Å². The maximum absolute atomic E-state index is 12.2. The van der Waals surface area contributed by atoms with E-state index < -0.39 is 11.2 Å². The zero-order valence-electron chi connectivity index (χ0n) is 17.8. The first kappa shape index (κ1) is 22.3. The summed E-state index contributed by atoms with van der Waals surface area (Å²) in [5, 5.41) is 12.2. The number of rotatable bonds is 4. The average molecular weight is 498 g/mol. The van der Waals surface area contributed by atoms with Gasteiger partial charge in [-0.15, -0.1) is 0 Å². The molecule has 1 N–H and O–H groups in total. The third-order valence-electron chi connectivity index (χ3n) is 6.25. The molecular weight excluding hydrogens is 474 g/mol. The van der Waals surface area contributed by atoms with Crippen LogP contribution in [0.3, 0.4) is 0 Å². The van der Waals surface area contributed by atoms with Crippen molar-refractivity contribution in [1.82, 2.24) is 4.98 Å². The maximum atomic E-state index is 12.2. The second-order valence-electron chi connectivity index (χ2n) is 7.75. The van der Waals surface area contributed by atoms with Crippen LogP contribution in [0.15, 0.2) is 71.5 Å². The lowest BCUT2D eigenvalue weighted by Gasteiger charge is -2.40. The van der Waals surface area contributed by atoms with E-state index in [0.29, 0.717) is 30.0 Å². The van der Waals surface area contributed by atoms with E-state index in [1.165, 1.54) is 7.11 Å². The monoisotopic (exact) mass is 497 g/mol. The van der Waals surface area contributed by atoms with E-state index in [1.807, 2.05) is 42.5 Å². The summed E-state index contributed by atoms with van der Waals surface area (Å²) in [4.78, 5) is 13.2. The van der Waals surface area contributed by atoms with Gasteiger partial charge in [0.25, 0.3) is 6.47 Å². The fraction of sp³-hybridized carbons (Fsp3) is 0.280. The Morgan fingerprint density at radius 3 is 2.44 bits per heavy atom. The summed E-state index contributed by atoms with van der Waals surface area (Å²) in [6, 6.07) is 18.3. The van der Waals surface area contributed by atoms with Gasteiger partial charge >= 0.3 is 0 Å². The van der Waals surface area contributed by atoms with Gasteiger partial charge in [-0.05, 0) is 36.1 Å². The number of hydrogen-bond donors (Lipinski definition) is 1. The quantitative estimate of drug-likeness (QED) is 0.526. The van der Waals surface area contributed by atoms with Gasteiger partial charge in [0.2, 0.25) is 0 Å². The predicted octanol–water partition coefficient (Wildman–Crippen LogP) is 4.70. The van der Waals surface area contributed by atoms with Crippen molar-refractivity contribution in [2.45, 2.75) is 30.0 Å². The van der Waals surface area contributed by atoms with Crippen LogP contribution in [0.1, 0.15) is 35.4 Å². The largest absolute Gasteiger partial charge is 0.495 e. The summed E-state index contributed by atoms with van der Waals surface area (Å²) in [7, 11) is 2.91. The molecule has 5 rings (SSSR count). The summed E-state index contributed by atoms with van der Waals surface area (Å²) in [5.74, 6) is 1.15. The SMILES string of the molecule is COC=O.COc1cncc2c1[C@]1(O)CC[C@@H](c3ccccc3)[C@]1(c1ccc(Br)cc1)O2. The summed E-state index contributed by atoms with van der Waals surface area (Å²) < 4.78 is 17.1. The highest BCUT2D eigenvalue weighted by atomic mass is 79.9. The van der Waals surface area contributed by atoms with Crippen molar-refractivity contribution >= 4 is 22.4 Å². The van der Waals surface area contributed by atoms with Crippen LogP contribution in [0.25, 0.3) is 0 Å². The molecule has 3 atom stereocenters. The molecule has 166 valence electrons. The maximum Gasteiger partial charge on any atom is 0.292 e. The minimum atomic E-state index is -1.20. The Morgan fingerprint density at radius 1 is 1.12 bits per heavy atom. The minimum Gasteiger partial charge on any atom is -0.495 e. The summed E-state index contributed by atoms with van der Waals surface area (Å²) in [5.41, 5.74) is 0.661. The number of methoxy groups -OCH3 is 2. The Kier molecular flexibility index (Phi) is 6.22. The third kappa shape index (κ3) is 3.36. The van der Waals surface area contributed by atoms with E-state index in [2.05, 4.69) is 37.8 Å². The molecule has 2 heterocycles. The van der Waals surface area contributed by atoms with Gasteiger partial charge in [0, 0.05) is 10.4 Å². The summed E-state index contributed by atoms with van der Waals surface area (Å²) in [6.45, 7) is 0.375. The van der Waals surface area contributed by atoms with Gasteiger partial charge in [-0.3, -0.25) is 9.78 Å². The second kappa shape index (κ2) is 8.92. The van der Waals surface area contributed by atoms with Crippen LogP contribution in [0.4, 0.5) is 0 Å². The van der Waals surface area contributed by atoms with E-state index in [4.69, 9.17) is 14.3 Å². The van der Waals surface area contributed by atoms with Gasteiger partial charge < -0.3 is 19.3 Å². The Bertz CT molecular complexity index is 1090. The highest BCUT2D eigenvalue weighted by Gasteiger charge is 2.69. The molecule has 0 spiro atoms. The second-order valence-corrected chi connectivity index (χ2v) is 8.67. The van der Waals surface area contributed by atoms with Crippen LogP contribution in [-0.2, 0) is 20.7 Å². The zero-order chi connectivity index (χ0) is 22.8. The molecule has 0 bridgehead atoms. The van der Waals surface area contributed by atoms with Crippen molar-refractivity contribution in [3.05, 3.63) is 88.2 Å². The topological polar surface area (TPSA) is 77.9 Å². The lowest BCUT2D eigenvalue weighted by Crippen LogP contribution is -2.48. The van der Waals surface area contributed by atoms with Gasteiger partial charge in [-0.2, -0.15) is 0 Å². The molecule has 2 aliphatic rings. The molecule has 2 aromatic carbocycles. The van der Waals surface area contributed by atoms with E-state index in [1.54, 1.807) is 19.5 Å². The van der Waals surface area contributed by atoms with Crippen molar-refractivity contribution in [2.75, 3.05) is 14.2 Å². The van der Waals surface area contributed by atoms with Gasteiger partial charge in [-0.1, -0.05) is 58.4 Å². The average Bonchev–Trinajstić information content (AvgIpc) is 3.27. The Hall–Kier alpha value is -2.90. The van der Waals surface area contributed by atoms with E-state index >= 15 is 0 Å². The van der Waals surface area contributed by atoms with E-state index in [9.17, 15) is 5.11 Å². The van der Waals surface area contributed by atoms with Crippen LogP contribution in [0, 0.1) is 0 Å². The molecule has 0 radical (unpaired) electrons. The number of nitrogens with zero attached hydrogens (tertiary/aromatic N) is 1. The number of aromatic nitrogens is 1. The molecule has 1 aromatic heterocycles. The molecule has 6 nitrogen and oxygen atoms in total. The number of carbonyl (C=O) groups excluding carboxylic acids is 1. The van der Waals surface area contributed by atoms with Crippen LogP contribution in [0.2, 0.25) is 0 Å². The minimum absolute atomic E-state index is 0.00279. The van der Waals surface area contributed by atoms with Crippen molar-refractivity contribution < 1.29 is 24.1 Å². The number of pyridine rings is 1. The molecular formula is C25H24BrNO5. The van der Waals surface area contributed by atoms with Crippen molar-refractivity contribution in [1.29, 1.82) is 0 Å². The number of benzene rings is 2. The smallest absolute Gasteiger partial charge is 0.292 e. The molecule has 32 heavy (non-hydrogen) atoms. The van der Waals surface area contributed by atoms with Gasteiger partial charge in [0.1, 0.15) is 17.1 Å². The normalized spacial score (nSPS) is 24.9. The van der Waals surface area contributed by atoms with Crippen LogP contribution in [0.5, 0.6) is 11.5 Å². The van der Waals surface area contributed by atoms with Crippen LogP contribution >= 0.6 is 15.9 Å². The van der Waals surface area contributed by atoms with Crippen molar-refractivity contribution in [3.63, 3.8) is 0 Å². The molecule has 1 saturated carbocycles. The molecule has 7 heteroatoms. The lowest BCUT2D eigenvalue weighted by atomic mass is 9.72. The first-order valence-electron chi connectivity index (χ1n) is 10.2. The highest BCUT2D eigenvalue weighted by Crippen LogP contribution is 2.67. The summed E-state index contributed by atoms with van der Waals surface area (Å²) in [6.07, 6.45) is 4.71. The number of hydrogen-bond acceptors (Lipinski definition) is 6. The number of carbonyl (C=O) groups is 1. The standard InChI is InChI=1S/C23H20BrNO3.C2H4O2/c1-27-19-13-25-14-20-21(19)22(26)12-11-18(15-5-3-2-4-6-15)23(22,28-20)16-7-9-17(24)10-8-16;1-4-2-3/h2-10,13-14,18,26H,11-12H2,1H3;2H,1H3/t18-,22+,23-;/m0./s1. The van der Waals surface area contributed by atoms with E-state index in [-0.39, 0.29) is 5.92 Å². The lowest BCUT2D eigenvalue weighted by molar-refractivity contribution is -0.126. The van der Waals surface area contributed by atoms with Crippen molar-refractivity contribution in [2.24, 2.45) is 0 Å². The predicted molar refractivity (Wildman–Crippen MR) is 123 cm³/mol. The molecule has 0 saturated heterocycles. The van der Waals surface area contributed by atoms with Crippen molar-refractivity contribution in [3.8, 4) is 11.5 Å². The fourth-order valence-electron chi connectivity index (χ4n) is 5.02. The molecule has 3 aromatic rings. The zero-order valence-corrected chi connectivity index (χ0v) is 19.4. The number of fused-ring (bicyclic) bond motifs is 3. The number of aliphatic hydroxyl groups is 1. The first-order chi connectivity index (χ1) is 15.5. The van der Waals surface area contributed by atoms with Crippen LogP contribution in [-0.4, -0.2) is 30.8 Å². The Balaban J connectivity index is 0.000000567. The Morgan fingerprint density at radius 2 is 1.81 bits per heavy atom. The molecule has 1 aliphatic heterocycles. The number of ether oxygens (including phenoxy) is 3. The Labute approximate surface area is 195 Å². The molecule has 1 fully saturated rings. The summed E-state index contributed by atoms with van der Waals surface area (Å²) >= 11 is 3.52. The van der Waals surface area contributed by atoms with Gasteiger partial charge in [0.15, 0.2) is 5.60 Å². The number of halogens is 1. The first-order valence-corrected chi connectivity index (χ1v) is 11.0. The van der Waals surface area contributed by atoms with Crippen LogP contribution < -0.4 is 9.47 Å². The molecule has 1 aliphatic carbocycles. The van der Waals surface area contributed by atoms with Gasteiger partial charge in [-0.25, -0.2) is 0 Å². The molecule has 0 unspecified atom stereocenters. The third-order valence-corrected chi connectivity index (χ3v) is 6.78. The fourth-order valence-corrected chi connectivity index (χ4v) is 5.28. The van der Waals surface area contributed by atoms with E-state index in [0.717, 1.165) is 22.0 Å². The highest BCUT2D eigenvalue weighted by molar-refractivity contribution is 9.10.